The van der Waals surface area contributed by atoms with E-state index in [0.717, 1.165) is 0 Å². The van der Waals surface area contributed by atoms with E-state index in [-0.39, 0.29) is 25.7 Å². The number of primary amides is 2. The predicted molar refractivity (Wildman–Crippen MR) is 123 cm³/mol. The second-order valence-corrected chi connectivity index (χ2v) is 8.27. The molecule has 0 aliphatic carbocycles. The first kappa shape index (κ1) is 32.2. The molecule has 16 heteroatoms. The monoisotopic (exact) mass is 517 g/mol. The van der Waals surface area contributed by atoms with Crippen LogP contribution in [0.15, 0.2) is 0 Å². The second-order valence-electron chi connectivity index (χ2n) is 8.27. The van der Waals surface area contributed by atoms with Crippen LogP contribution in [0, 0.1) is 5.92 Å². The molecule has 0 aliphatic heterocycles. The smallest absolute Gasteiger partial charge is 0.326 e. The van der Waals surface area contributed by atoms with Gasteiger partial charge in [-0.3, -0.25) is 28.8 Å². The fourth-order valence-corrected chi connectivity index (χ4v) is 2.77. The van der Waals surface area contributed by atoms with E-state index >= 15 is 0 Å². The van der Waals surface area contributed by atoms with Gasteiger partial charge in [-0.2, -0.15) is 0 Å². The summed E-state index contributed by atoms with van der Waals surface area (Å²) in [6.07, 6.45) is -1.22. The normalized spacial score (nSPS) is 14.0. The van der Waals surface area contributed by atoms with Crippen LogP contribution in [-0.4, -0.2) is 88.9 Å². The minimum atomic E-state index is -1.49. The van der Waals surface area contributed by atoms with E-state index in [1.54, 1.807) is 13.8 Å². The lowest BCUT2D eigenvalue weighted by Crippen LogP contribution is -2.56. The Kier molecular flexibility index (Phi) is 14.3. The largest absolute Gasteiger partial charge is 0.480 e. The molecule has 0 radical (unpaired) electrons. The van der Waals surface area contributed by atoms with Gasteiger partial charge in [-0.15, -0.1) is 0 Å². The Morgan fingerprint density at radius 3 is 1.75 bits per heavy atom. The zero-order valence-electron chi connectivity index (χ0n) is 20.1. The van der Waals surface area contributed by atoms with E-state index in [0.29, 0.717) is 0 Å². The second kappa shape index (κ2) is 16.0. The van der Waals surface area contributed by atoms with Gasteiger partial charge in [0.1, 0.15) is 24.2 Å². The maximum atomic E-state index is 12.6. The summed E-state index contributed by atoms with van der Waals surface area (Å²) in [4.78, 5) is 82.7. The molecule has 6 amide bonds. The third-order valence-electron chi connectivity index (χ3n) is 4.83. The molecule has 0 aliphatic rings. The fourth-order valence-electron chi connectivity index (χ4n) is 2.77. The van der Waals surface area contributed by atoms with Crippen molar-refractivity contribution >= 4 is 41.4 Å². The van der Waals surface area contributed by atoms with Crippen LogP contribution >= 0.6 is 0 Å². The first-order valence-electron chi connectivity index (χ1n) is 11.0. The molecule has 0 aromatic rings. The van der Waals surface area contributed by atoms with Crippen LogP contribution in [0.4, 0.5) is 0 Å². The van der Waals surface area contributed by atoms with Gasteiger partial charge in [-0.05, 0) is 18.8 Å². The summed E-state index contributed by atoms with van der Waals surface area (Å²) in [5.74, 6) is -6.76. The minimum absolute atomic E-state index is 0.271. The van der Waals surface area contributed by atoms with Gasteiger partial charge in [-0.25, -0.2) is 4.79 Å². The average Bonchev–Trinajstić information content (AvgIpc) is 2.79. The van der Waals surface area contributed by atoms with Crippen molar-refractivity contribution in [2.75, 3.05) is 13.2 Å². The van der Waals surface area contributed by atoms with Gasteiger partial charge < -0.3 is 48.7 Å². The number of nitrogens with one attached hydrogen (secondary N) is 4. The standard InChI is InChI=1S/C20H35N7O9/c1-9(2)16(27-17(32)10(21)8-28)19(34)24-7-15(31)25-11(3-5-13(22)29)18(33)26-12(20(35)36)4-6-14(23)30/h9-12,16,28H,3-8,21H2,1-2H3,(H2,22,29)(H2,23,30)(H,24,34)(H,25,31)(H,26,33)(H,27,32)(H,35,36). The van der Waals surface area contributed by atoms with E-state index in [1.165, 1.54) is 0 Å². The van der Waals surface area contributed by atoms with Gasteiger partial charge in [0.2, 0.25) is 35.4 Å². The summed E-state index contributed by atoms with van der Waals surface area (Å²) in [5, 5.41) is 27.3. The molecule has 0 aromatic carbocycles. The molecule has 0 saturated heterocycles. The van der Waals surface area contributed by atoms with E-state index < -0.39 is 84.6 Å². The topological polar surface area (TPSA) is 286 Å². The number of rotatable bonds is 17. The lowest BCUT2D eigenvalue weighted by molar-refractivity contribution is -0.142. The minimum Gasteiger partial charge on any atom is -0.480 e. The number of hydrogen-bond donors (Lipinski definition) is 9. The Hall–Kier alpha value is -3.79. The van der Waals surface area contributed by atoms with Crippen molar-refractivity contribution in [2.45, 2.75) is 63.7 Å². The van der Waals surface area contributed by atoms with Crippen molar-refractivity contribution in [3.05, 3.63) is 0 Å². The molecule has 0 spiro atoms. The lowest BCUT2D eigenvalue weighted by atomic mass is 10.0. The lowest BCUT2D eigenvalue weighted by Gasteiger charge is -2.24. The number of aliphatic carboxylic acids is 1. The molecule has 4 unspecified atom stereocenters. The Bertz CT molecular complexity index is 834. The summed E-state index contributed by atoms with van der Waals surface area (Å²) in [6.45, 7) is 1.97. The third-order valence-corrected chi connectivity index (χ3v) is 4.83. The van der Waals surface area contributed by atoms with Gasteiger partial charge in [0.25, 0.3) is 0 Å². The number of amides is 6. The molecule has 16 nitrogen and oxygen atoms in total. The number of nitrogens with two attached hydrogens (primary N) is 3. The molecule has 0 fully saturated rings. The SMILES string of the molecule is CC(C)C(NC(=O)C(N)CO)C(=O)NCC(=O)NC(CCC(N)=O)C(=O)NC(CCC(N)=O)C(=O)O. The van der Waals surface area contributed by atoms with Crippen molar-refractivity contribution in [3.8, 4) is 0 Å². The number of carboxylic acids is 1. The van der Waals surface area contributed by atoms with Gasteiger partial charge in [-0.1, -0.05) is 13.8 Å². The quantitative estimate of drug-likeness (QED) is 0.0886. The van der Waals surface area contributed by atoms with Crippen molar-refractivity contribution < 1.29 is 43.8 Å². The molecular formula is C20H35N7O9. The average molecular weight is 518 g/mol. The van der Waals surface area contributed by atoms with Crippen molar-refractivity contribution in [1.29, 1.82) is 0 Å². The van der Waals surface area contributed by atoms with Crippen molar-refractivity contribution in [1.82, 2.24) is 21.3 Å². The highest BCUT2D eigenvalue weighted by Crippen LogP contribution is 2.04. The molecule has 0 aromatic heterocycles. The maximum Gasteiger partial charge on any atom is 0.326 e. The van der Waals surface area contributed by atoms with E-state index in [2.05, 4.69) is 21.3 Å². The maximum absolute atomic E-state index is 12.6. The zero-order chi connectivity index (χ0) is 28.0. The first-order chi connectivity index (χ1) is 16.7. The Labute approximate surface area is 207 Å². The molecular weight excluding hydrogens is 482 g/mol. The highest BCUT2D eigenvalue weighted by molar-refractivity contribution is 5.94. The summed E-state index contributed by atoms with van der Waals surface area (Å²) < 4.78 is 0. The van der Waals surface area contributed by atoms with Gasteiger partial charge in [0, 0.05) is 12.8 Å². The van der Waals surface area contributed by atoms with Crippen molar-refractivity contribution in [2.24, 2.45) is 23.1 Å². The number of carboxylic acid groups (broad SMARTS) is 1. The Balaban J connectivity index is 5.22. The van der Waals surface area contributed by atoms with Crippen LogP contribution in [0.25, 0.3) is 0 Å². The first-order valence-corrected chi connectivity index (χ1v) is 11.0. The zero-order valence-corrected chi connectivity index (χ0v) is 20.1. The van der Waals surface area contributed by atoms with Crippen LogP contribution in [0.1, 0.15) is 39.5 Å². The van der Waals surface area contributed by atoms with E-state index in [1.807, 2.05) is 0 Å². The van der Waals surface area contributed by atoms with Crippen molar-refractivity contribution in [3.63, 3.8) is 0 Å². The van der Waals surface area contributed by atoms with Crippen LogP contribution in [0.5, 0.6) is 0 Å². The number of aliphatic hydroxyl groups excluding tert-OH is 1. The summed E-state index contributed by atoms with van der Waals surface area (Å²) >= 11 is 0. The van der Waals surface area contributed by atoms with Crippen LogP contribution < -0.4 is 38.5 Å². The Morgan fingerprint density at radius 1 is 0.778 bits per heavy atom. The fraction of sp³-hybridized carbons (Fsp3) is 0.650. The Morgan fingerprint density at radius 2 is 1.31 bits per heavy atom. The van der Waals surface area contributed by atoms with Crippen LogP contribution in [0.3, 0.4) is 0 Å². The highest BCUT2D eigenvalue weighted by atomic mass is 16.4. The number of carbonyl (C=O) groups is 7. The summed E-state index contributed by atoms with van der Waals surface area (Å²) in [7, 11) is 0. The molecule has 36 heavy (non-hydrogen) atoms. The van der Waals surface area contributed by atoms with E-state index in [4.69, 9.17) is 22.3 Å². The number of hydrogen-bond acceptors (Lipinski definition) is 9. The summed E-state index contributed by atoms with van der Waals surface area (Å²) in [6, 6.07) is -5.21. The predicted octanol–water partition coefficient (Wildman–Crippen LogP) is -4.85. The third kappa shape index (κ3) is 12.6. The number of aliphatic hydroxyl groups is 1. The van der Waals surface area contributed by atoms with Gasteiger partial charge in [0.05, 0.1) is 13.2 Å². The molecule has 0 bridgehead atoms. The number of carbonyl (C=O) groups excluding carboxylic acids is 6. The summed E-state index contributed by atoms with van der Waals surface area (Å²) in [5.41, 5.74) is 15.5. The molecule has 0 saturated carbocycles. The van der Waals surface area contributed by atoms with Crippen LogP contribution in [-0.2, 0) is 33.6 Å². The molecule has 0 rings (SSSR count). The highest BCUT2D eigenvalue weighted by Gasteiger charge is 2.29. The van der Waals surface area contributed by atoms with Gasteiger partial charge in [0.15, 0.2) is 0 Å². The molecule has 4 atom stereocenters. The van der Waals surface area contributed by atoms with Crippen LogP contribution in [0.2, 0.25) is 0 Å². The molecule has 204 valence electrons. The van der Waals surface area contributed by atoms with Gasteiger partial charge >= 0.3 is 5.97 Å². The van der Waals surface area contributed by atoms with E-state index in [9.17, 15) is 38.7 Å². The molecule has 0 heterocycles. The molecule has 12 N–H and O–H groups in total.